The molecule has 1 N–H and O–H groups in total. The highest BCUT2D eigenvalue weighted by Crippen LogP contribution is 2.36. The number of sulfone groups is 1. The van der Waals surface area contributed by atoms with Gasteiger partial charge in [-0.2, -0.15) is 0 Å². The molecule has 0 aliphatic carbocycles. The van der Waals surface area contributed by atoms with Crippen molar-refractivity contribution < 1.29 is 18.3 Å². The zero-order valence-electron chi connectivity index (χ0n) is 15.2. The molecule has 150 valence electrons. The molecule has 1 aliphatic heterocycles. The molecule has 0 saturated carbocycles. The van der Waals surface area contributed by atoms with E-state index in [1.807, 2.05) is 0 Å². The standard InChI is InChI=1S/C21H18ClNO5S/c22-14-6-9-20(25)23(13-14)21-17-12-16(7-8-19(17)28-11-10-18(21)24)29(26,27)15-4-2-1-3-5-15/h1-9,12-13,18,21,24H,10-11H2/t18-,21-/m1/s1. The van der Waals surface area contributed by atoms with E-state index < -0.39 is 22.0 Å². The van der Waals surface area contributed by atoms with Crippen molar-refractivity contribution in [2.45, 2.75) is 28.4 Å². The molecule has 0 amide bonds. The first-order chi connectivity index (χ1) is 13.9. The zero-order valence-corrected chi connectivity index (χ0v) is 16.8. The first kappa shape index (κ1) is 19.7. The maximum atomic E-state index is 13.1. The van der Waals surface area contributed by atoms with Gasteiger partial charge in [0, 0.05) is 24.2 Å². The fraction of sp³-hybridized carbons (Fsp3) is 0.190. The summed E-state index contributed by atoms with van der Waals surface area (Å²) in [5, 5.41) is 11.1. The molecule has 0 fully saturated rings. The minimum atomic E-state index is -3.78. The predicted octanol–water partition coefficient (Wildman–Crippen LogP) is 3.07. The average molecular weight is 432 g/mol. The van der Waals surface area contributed by atoms with E-state index in [4.69, 9.17) is 16.3 Å². The molecular weight excluding hydrogens is 414 g/mol. The van der Waals surface area contributed by atoms with Gasteiger partial charge in [0.2, 0.25) is 9.84 Å². The summed E-state index contributed by atoms with van der Waals surface area (Å²) in [7, 11) is -3.78. The van der Waals surface area contributed by atoms with Crippen molar-refractivity contribution in [3.63, 3.8) is 0 Å². The minimum Gasteiger partial charge on any atom is -0.493 e. The lowest BCUT2D eigenvalue weighted by Gasteiger charge is -2.24. The van der Waals surface area contributed by atoms with Crippen LogP contribution in [0.15, 0.2) is 81.4 Å². The number of rotatable bonds is 3. The second-order valence-electron chi connectivity index (χ2n) is 6.76. The highest BCUT2D eigenvalue weighted by atomic mass is 35.5. The Morgan fingerprint density at radius 1 is 1.03 bits per heavy atom. The number of hydrogen-bond donors (Lipinski definition) is 1. The SMILES string of the molecule is O=c1ccc(Cl)cn1[C@@H]1c2cc(S(=O)(=O)c3ccccc3)ccc2OCC[C@H]1O. The number of nitrogens with zero attached hydrogens (tertiary/aromatic N) is 1. The van der Waals surface area contributed by atoms with Crippen molar-refractivity contribution in [3.05, 3.63) is 87.8 Å². The summed E-state index contributed by atoms with van der Waals surface area (Å²) in [6.07, 6.45) is 0.756. The van der Waals surface area contributed by atoms with Crippen molar-refractivity contribution >= 4 is 21.4 Å². The molecule has 2 aromatic carbocycles. The Labute approximate surface area is 172 Å². The molecule has 8 heteroatoms. The summed E-state index contributed by atoms with van der Waals surface area (Å²) >= 11 is 6.07. The molecule has 0 unspecified atom stereocenters. The Morgan fingerprint density at radius 3 is 2.55 bits per heavy atom. The Bertz CT molecular complexity index is 1210. The average Bonchev–Trinajstić information content (AvgIpc) is 2.88. The van der Waals surface area contributed by atoms with Crippen LogP contribution in [-0.2, 0) is 9.84 Å². The normalized spacial score (nSPS) is 19.1. The fourth-order valence-electron chi connectivity index (χ4n) is 3.48. The minimum absolute atomic E-state index is 0.0558. The van der Waals surface area contributed by atoms with E-state index in [9.17, 15) is 18.3 Å². The first-order valence-corrected chi connectivity index (χ1v) is 10.9. The molecule has 4 rings (SSSR count). The van der Waals surface area contributed by atoms with Crippen LogP contribution in [0.3, 0.4) is 0 Å². The number of fused-ring (bicyclic) bond motifs is 1. The third-order valence-electron chi connectivity index (χ3n) is 4.90. The van der Waals surface area contributed by atoms with Gasteiger partial charge in [0.25, 0.3) is 5.56 Å². The number of benzene rings is 2. The molecule has 2 heterocycles. The molecular formula is C21H18ClNO5S. The van der Waals surface area contributed by atoms with Gasteiger partial charge in [-0.3, -0.25) is 4.79 Å². The van der Waals surface area contributed by atoms with E-state index in [1.54, 1.807) is 24.3 Å². The largest absolute Gasteiger partial charge is 0.493 e. The third kappa shape index (κ3) is 3.69. The topological polar surface area (TPSA) is 85.6 Å². The highest BCUT2D eigenvalue weighted by Gasteiger charge is 2.31. The molecule has 0 bridgehead atoms. The van der Waals surface area contributed by atoms with Gasteiger partial charge < -0.3 is 14.4 Å². The van der Waals surface area contributed by atoms with Crippen LogP contribution in [0.5, 0.6) is 5.75 Å². The fourth-order valence-corrected chi connectivity index (χ4v) is 4.96. The third-order valence-corrected chi connectivity index (χ3v) is 6.89. The number of aliphatic hydroxyl groups is 1. The molecule has 29 heavy (non-hydrogen) atoms. The lowest BCUT2D eigenvalue weighted by molar-refractivity contribution is 0.112. The van der Waals surface area contributed by atoms with Crippen LogP contribution in [0.2, 0.25) is 5.02 Å². The van der Waals surface area contributed by atoms with Crippen LogP contribution in [0.4, 0.5) is 0 Å². The van der Waals surface area contributed by atoms with Crippen molar-refractivity contribution in [1.82, 2.24) is 4.57 Å². The van der Waals surface area contributed by atoms with Crippen LogP contribution >= 0.6 is 11.6 Å². The van der Waals surface area contributed by atoms with Crippen molar-refractivity contribution in [2.75, 3.05) is 6.61 Å². The summed E-state index contributed by atoms with van der Waals surface area (Å²) in [6, 6.07) is 14.5. The number of hydrogen-bond acceptors (Lipinski definition) is 5. The highest BCUT2D eigenvalue weighted by molar-refractivity contribution is 7.91. The van der Waals surface area contributed by atoms with Gasteiger partial charge in [0.05, 0.1) is 33.6 Å². The Balaban J connectivity index is 1.91. The number of ether oxygens (including phenoxy) is 1. The Kier molecular flexibility index (Phi) is 5.21. The van der Waals surface area contributed by atoms with Gasteiger partial charge >= 0.3 is 0 Å². The summed E-state index contributed by atoms with van der Waals surface area (Å²) < 4.78 is 33.1. The van der Waals surface area contributed by atoms with E-state index in [1.165, 1.54) is 47.2 Å². The smallest absolute Gasteiger partial charge is 0.251 e. The Hall–Kier alpha value is -2.61. The monoisotopic (exact) mass is 431 g/mol. The van der Waals surface area contributed by atoms with Gasteiger partial charge in [0.1, 0.15) is 5.75 Å². The second kappa shape index (κ2) is 7.67. The maximum absolute atomic E-state index is 13.1. The maximum Gasteiger partial charge on any atom is 0.251 e. The molecule has 0 spiro atoms. The molecule has 1 aromatic heterocycles. The molecule has 0 saturated heterocycles. The van der Waals surface area contributed by atoms with Gasteiger partial charge in [-0.15, -0.1) is 0 Å². The van der Waals surface area contributed by atoms with Crippen LogP contribution in [0, 0.1) is 0 Å². The summed E-state index contributed by atoms with van der Waals surface area (Å²) in [6.45, 7) is 0.241. The second-order valence-corrected chi connectivity index (χ2v) is 9.14. The van der Waals surface area contributed by atoms with Gasteiger partial charge in [-0.25, -0.2) is 8.42 Å². The number of aromatic nitrogens is 1. The molecule has 2 atom stereocenters. The van der Waals surface area contributed by atoms with E-state index in [0.717, 1.165) is 0 Å². The molecule has 3 aromatic rings. The summed E-state index contributed by atoms with van der Waals surface area (Å²) in [5.41, 5.74) is 0.0546. The lowest BCUT2D eigenvalue weighted by atomic mass is 9.99. The Morgan fingerprint density at radius 2 is 1.79 bits per heavy atom. The van der Waals surface area contributed by atoms with E-state index in [-0.39, 0.29) is 28.4 Å². The van der Waals surface area contributed by atoms with Gasteiger partial charge in [-0.1, -0.05) is 29.8 Å². The number of halogens is 1. The van der Waals surface area contributed by atoms with E-state index in [0.29, 0.717) is 16.3 Å². The number of aliphatic hydroxyl groups excluding tert-OH is 1. The van der Waals surface area contributed by atoms with Crippen LogP contribution < -0.4 is 10.3 Å². The van der Waals surface area contributed by atoms with Gasteiger partial charge in [-0.05, 0) is 36.4 Å². The summed E-state index contributed by atoms with van der Waals surface area (Å²) in [4.78, 5) is 12.7. The van der Waals surface area contributed by atoms with Crippen molar-refractivity contribution in [3.8, 4) is 5.75 Å². The van der Waals surface area contributed by atoms with Crippen LogP contribution in [0.25, 0.3) is 0 Å². The lowest BCUT2D eigenvalue weighted by Crippen LogP contribution is -2.32. The zero-order chi connectivity index (χ0) is 20.6. The van der Waals surface area contributed by atoms with Crippen LogP contribution in [-0.4, -0.2) is 30.8 Å². The molecule has 0 radical (unpaired) electrons. The van der Waals surface area contributed by atoms with E-state index in [2.05, 4.69) is 0 Å². The van der Waals surface area contributed by atoms with Gasteiger partial charge in [0.15, 0.2) is 0 Å². The van der Waals surface area contributed by atoms with Crippen molar-refractivity contribution in [1.29, 1.82) is 0 Å². The quantitative estimate of drug-likeness (QED) is 0.688. The van der Waals surface area contributed by atoms with E-state index >= 15 is 0 Å². The molecule has 1 aliphatic rings. The summed E-state index contributed by atoms with van der Waals surface area (Å²) in [5.74, 6) is 0.422. The van der Waals surface area contributed by atoms with Crippen LogP contribution in [0.1, 0.15) is 18.0 Å². The van der Waals surface area contributed by atoms with Crippen molar-refractivity contribution in [2.24, 2.45) is 0 Å². The predicted molar refractivity (Wildman–Crippen MR) is 108 cm³/mol. The first-order valence-electron chi connectivity index (χ1n) is 9.00. The number of pyridine rings is 1. The molecule has 6 nitrogen and oxygen atoms in total.